The number of hydrogen-bond donors (Lipinski definition) is 1. The number of hydrogen-bond acceptors (Lipinski definition) is 4. The van der Waals surface area contributed by atoms with E-state index < -0.39 is 0 Å². The van der Waals surface area contributed by atoms with E-state index in [1.54, 1.807) is 0 Å². The van der Waals surface area contributed by atoms with E-state index in [-0.39, 0.29) is 0 Å². The van der Waals surface area contributed by atoms with Gasteiger partial charge in [-0.15, -0.1) is 0 Å². The molecule has 1 aliphatic carbocycles. The summed E-state index contributed by atoms with van der Waals surface area (Å²) in [5.41, 5.74) is 2.72. The Kier molecular flexibility index (Phi) is 4.37. The van der Waals surface area contributed by atoms with Gasteiger partial charge in [0.25, 0.3) is 0 Å². The van der Waals surface area contributed by atoms with Crippen molar-refractivity contribution in [3.8, 4) is 0 Å². The summed E-state index contributed by atoms with van der Waals surface area (Å²) >= 11 is 0. The van der Waals surface area contributed by atoms with E-state index in [4.69, 9.17) is 10.1 Å². The van der Waals surface area contributed by atoms with Crippen LogP contribution in [0.15, 0.2) is 24.5 Å². The predicted molar refractivity (Wildman–Crippen MR) is 94.0 cm³/mol. The van der Waals surface area contributed by atoms with Gasteiger partial charge in [-0.25, -0.2) is 4.98 Å². The van der Waals surface area contributed by atoms with Crippen LogP contribution in [0, 0.1) is 12.3 Å². The Bertz CT molecular complexity index is 771. The molecule has 0 radical (unpaired) electrons. The van der Waals surface area contributed by atoms with E-state index >= 15 is 0 Å². The normalized spacial score (nSPS) is 25.9. The van der Waals surface area contributed by atoms with E-state index in [0.717, 1.165) is 50.0 Å². The molecule has 1 aromatic heterocycles. The van der Waals surface area contributed by atoms with Crippen molar-refractivity contribution in [3.05, 3.63) is 35.6 Å². The molecule has 1 aliphatic heterocycles. The number of benzene rings is 1. The van der Waals surface area contributed by atoms with Crippen molar-refractivity contribution < 1.29 is 4.74 Å². The average molecular weight is 326 g/mol. The minimum absolute atomic E-state index is 0.409. The summed E-state index contributed by atoms with van der Waals surface area (Å²) < 4.78 is 7.56. The molecule has 0 atom stereocenters. The number of fused-ring (bicyclic) bond motifs is 1. The van der Waals surface area contributed by atoms with Crippen molar-refractivity contribution in [1.82, 2.24) is 14.5 Å². The van der Waals surface area contributed by atoms with Gasteiger partial charge in [0, 0.05) is 30.6 Å². The Balaban J connectivity index is 1.52. The molecule has 1 aromatic carbocycles. The third-order valence-corrected chi connectivity index (χ3v) is 5.61. The van der Waals surface area contributed by atoms with E-state index in [2.05, 4.69) is 33.5 Å². The standard InChI is InChI=1S/C19H26N4O/c1-14-2-7-18-17(12-14)19(20)23(13-21-18)16-5-3-15(4-6-16)22-8-10-24-11-9-22/h2,7,12-13,15-16,20H,3-6,8-11H2,1H3. The van der Waals surface area contributed by atoms with Crippen LogP contribution in [-0.2, 0) is 4.74 Å². The van der Waals surface area contributed by atoms with Gasteiger partial charge >= 0.3 is 0 Å². The Morgan fingerprint density at radius 3 is 2.54 bits per heavy atom. The molecule has 1 N–H and O–H groups in total. The van der Waals surface area contributed by atoms with Crippen LogP contribution in [0.4, 0.5) is 0 Å². The molecular formula is C19H26N4O. The first-order chi connectivity index (χ1) is 11.7. The number of morpholine rings is 1. The Morgan fingerprint density at radius 1 is 1.08 bits per heavy atom. The summed E-state index contributed by atoms with van der Waals surface area (Å²) in [5, 5.41) is 9.58. The second-order valence-electron chi connectivity index (χ2n) is 7.13. The number of ether oxygens (including phenoxy) is 1. The summed E-state index contributed by atoms with van der Waals surface area (Å²) in [6, 6.07) is 7.26. The van der Waals surface area contributed by atoms with Crippen molar-refractivity contribution >= 4 is 10.9 Å². The molecule has 0 bridgehead atoms. The number of aryl methyl sites for hydroxylation is 1. The first kappa shape index (κ1) is 15.8. The van der Waals surface area contributed by atoms with E-state index in [0.29, 0.717) is 17.6 Å². The maximum atomic E-state index is 8.61. The first-order valence-corrected chi connectivity index (χ1v) is 9.06. The monoisotopic (exact) mass is 326 g/mol. The lowest BCUT2D eigenvalue weighted by molar-refractivity contribution is 0.00530. The summed E-state index contributed by atoms with van der Waals surface area (Å²) in [4.78, 5) is 7.17. The van der Waals surface area contributed by atoms with Gasteiger partial charge in [0.15, 0.2) is 0 Å². The zero-order valence-corrected chi connectivity index (χ0v) is 14.4. The van der Waals surface area contributed by atoms with Crippen molar-refractivity contribution in [3.63, 3.8) is 0 Å². The largest absolute Gasteiger partial charge is 0.379 e. The summed E-state index contributed by atoms with van der Waals surface area (Å²) in [6.45, 7) is 5.97. The zero-order valence-electron chi connectivity index (χ0n) is 14.4. The van der Waals surface area contributed by atoms with Gasteiger partial charge in [-0.3, -0.25) is 10.3 Å². The average Bonchev–Trinajstić information content (AvgIpc) is 2.63. The topological polar surface area (TPSA) is 54.1 Å². The SMILES string of the molecule is Cc1ccc2ncn(C3CCC(N4CCOCC4)CC3)c(=N)c2c1. The second kappa shape index (κ2) is 6.65. The minimum Gasteiger partial charge on any atom is -0.379 e. The van der Waals surface area contributed by atoms with Crippen molar-refractivity contribution in [2.75, 3.05) is 26.3 Å². The molecule has 128 valence electrons. The highest BCUT2D eigenvalue weighted by molar-refractivity contribution is 5.77. The van der Waals surface area contributed by atoms with Crippen molar-refractivity contribution in [2.45, 2.75) is 44.7 Å². The molecule has 5 nitrogen and oxygen atoms in total. The number of nitrogens with zero attached hydrogens (tertiary/aromatic N) is 3. The fourth-order valence-electron chi connectivity index (χ4n) is 4.19. The van der Waals surface area contributed by atoms with Gasteiger partial charge in [-0.1, -0.05) is 11.6 Å². The van der Waals surface area contributed by atoms with Crippen LogP contribution in [0.25, 0.3) is 10.9 Å². The highest BCUT2D eigenvalue weighted by atomic mass is 16.5. The van der Waals surface area contributed by atoms with Crippen LogP contribution in [-0.4, -0.2) is 46.8 Å². The first-order valence-electron chi connectivity index (χ1n) is 9.06. The molecule has 0 amide bonds. The number of nitrogens with one attached hydrogen (secondary N) is 1. The maximum absolute atomic E-state index is 8.61. The molecule has 24 heavy (non-hydrogen) atoms. The number of aromatic nitrogens is 2. The predicted octanol–water partition coefficient (Wildman–Crippen LogP) is 2.64. The van der Waals surface area contributed by atoms with Gasteiger partial charge in [-0.05, 0) is 44.7 Å². The van der Waals surface area contributed by atoms with Gasteiger partial charge in [0.2, 0.25) is 0 Å². The Morgan fingerprint density at radius 2 is 1.79 bits per heavy atom. The van der Waals surface area contributed by atoms with Gasteiger partial charge in [0.05, 0.1) is 25.1 Å². The van der Waals surface area contributed by atoms with Gasteiger partial charge < -0.3 is 9.30 Å². The number of rotatable bonds is 2. The lowest BCUT2D eigenvalue weighted by Crippen LogP contribution is -2.45. The fourth-order valence-corrected chi connectivity index (χ4v) is 4.19. The highest BCUT2D eigenvalue weighted by Gasteiger charge is 2.27. The molecule has 2 fully saturated rings. The quantitative estimate of drug-likeness (QED) is 0.923. The van der Waals surface area contributed by atoms with E-state index in [1.807, 2.05) is 12.4 Å². The lowest BCUT2D eigenvalue weighted by atomic mass is 9.89. The summed E-state index contributed by atoms with van der Waals surface area (Å²) in [6.07, 6.45) is 6.57. The summed E-state index contributed by atoms with van der Waals surface area (Å²) in [5.74, 6) is 0. The third kappa shape index (κ3) is 2.98. The van der Waals surface area contributed by atoms with E-state index in [1.165, 1.54) is 18.4 Å². The molecule has 1 saturated carbocycles. The molecule has 2 aliphatic rings. The molecule has 0 unspecified atom stereocenters. The maximum Gasteiger partial charge on any atom is 0.135 e. The van der Waals surface area contributed by atoms with Crippen LogP contribution in [0.2, 0.25) is 0 Å². The lowest BCUT2D eigenvalue weighted by Gasteiger charge is -2.39. The van der Waals surface area contributed by atoms with Crippen LogP contribution in [0.5, 0.6) is 0 Å². The minimum atomic E-state index is 0.409. The smallest absolute Gasteiger partial charge is 0.135 e. The molecule has 5 heteroatoms. The molecule has 1 saturated heterocycles. The van der Waals surface area contributed by atoms with Crippen LogP contribution in [0.3, 0.4) is 0 Å². The van der Waals surface area contributed by atoms with Crippen molar-refractivity contribution in [2.24, 2.45) is 0 Å². The van der Waals surface area contributed by atoms with Crippen LogP contribution >= 0.6 is 0 Å². The highest BCUT2D eigenvalue weighted by Crippen LogP contribution is 2.30. The Hall–Kier alpha value is -1.72. The zero-order chi connectivity index (χ0) is 16.5. The molecule has 4 rings (SSSR count). The van der Waals surface area contributed by atoms with Crippen LogP contribution < -0.4 is 5.49 Å². The molecule has 0 spiro atoms. The molecule has 2 heterocycles. The molecular weight excluding hydrogens is 300 g/mol. The summed E-state index contributed by atoms with van der Waals surface area (Å²) in [7, 11) is 0. The van der Waals surface area contributed by atoms with E-state index in [9.17, 15) is 0 Å². The second-order valence-corrected chi connectivity index (χ2v) is 7.13. The fraction of sp³-hybridized carbons (Fsp3) is 0.579. The molecule has 2 aromatic rings. The van der Waals surface area contributed by atoms with Crippen molar-refractivity contribution in [1.29, 1.82) is 5.41 Å². The van der Waals surface area contributed by atoms with Gasteiger partial charge in [0.1, 0.15) is 5.49 Å². The Labute approximate surface area is 142 Å². The van der Waals surface area contributed by atoms with Gasteiger partial charge in [-0.2, -0.15) is 0 Å². The third-order valence-electron chi connectivity index (χ3n) is 5.61. The van der Waals surface area contributed by atoms with Crippen LogP contribution in [0.1, 0.15) is 37.3 Å².